The second-order valence-electron chi connectivity index (χ2n) is 17.1. The van der Waals surface area contributed by atoms with E-state index < -0.39 is 92.2 Å². The van der Waals surface area contributed by atoms with Crippen LogP contribution in [-0.2, 0) is 29.1 Å². The van der Waals surface area contributed by atoms with Crippen LogP contribution < -0.4 is 29.6 Å². The van der Waals surface area contributed by atoms with Gasteiger partial charge in [-0.05, 0) is 83.3 Å². The molecule has 0 radical (unpaired) electrons. The van der Waals surface area contributed by atoms with Gasteiger partial charge in [0.15, 0.2) is 11.6 Å². The van der Waals surface area contributed by atoms with Gasteiger partial charge in [0.05, 0.1) is 39.0 Å². The number of methoxy groups -OCH3 is 2. The van der Waals surface area contributed by atoms with Gasteiger partial charge in [0.1, 0.15) is 39.8 Å². The molecule has 0 spiro atoms. The van der Waals surface area contributed by atoms with Crippen LogP contribution in [0, 0.1) is 23.6 Å². The third kappa shape index (κ3) is 8.67. The first-order valence-electron chi connectivity index (χ1n) is 19.6. The molecule has 1 aromatic heterocycles. The molecule has 1 unspecified atom stereocenters. The van der Waals surface area contributed by atoms with Gasteiger partial charge in [-0.15, -0.1) is 0 Å². The molecule has 2 aliphatic heterocycles. The molecule has 1 aromatic carbocycles. The van der Waals surface area contributed by atoms with Gasteiger partial charge in [0.2, 0.25) is 27.7 Å². The van der Waals surface area contributed by atoms with Crippen molar-refractivity contribution in [3.63, 3.8) is 0 Å². The van der Waals surface area contributed by atoms with Crippen molar-refractivity contribution >= 4 is 44.6 Å². The van der Waals surface area contributed by atoms with Crippen molar-refractivity contribution in [3.8, 4) is 17.4 Å². The summed E-state index contributed by atoms with van der Waals surface area (Å²) in [4.78, 5) is 62.2. The van der Waals surface area contributed by atoms with Crippen LogP contribution in [0.3, 0.4) is 0 Å². The third-order valence-corrected chi connectivity index (χ3v) is 13.7. The van der Waals surface area contributed by atoms with Crippen molar-refractivity contribution in [1.82, 2.24) is 25.2 Å². The zero-order valence-corrected chi connectivity index (χ0v) is 34.7. The number of rotatable bonds is 9. The fraction of sp³-hybridized carbons (Fsp3) is 0.625. The summed E-state index contributed by atoms with van der Waals surface area (Å²) in [6, 6.07) is 0.224. The lowest BCUT2D eigenvalue weighted by atomic mass is 9.88. The van der Waals surface area contributed by atoms with E-state index in [2.05, 4.69) is 20.3 Å². The number of pyridine rings is 1. The fourth-order valence-corrected chi connectivity index (χ4v) is 9.44. The van der Waals surface area contributed by atoms with Gasteiger partial charge >= 0.3 is 6.09 Å². The number of halogens is 1. The maximum absolute atomic E-state index is 15.1. The molecule has 4 N–H and O–H groups in total. The van der Waals surface area contributed by atoms with Crippen molar-refractivity contribution in [2.24, 2.45) is 17.8 Å². The number of aliphatic hydroxyl groups excluding tert-OH is 1. The zero-order valence-electron chi connectivity index (χ0n) is 33.9. The van der Waals surface area contributed by atoms with Gasteiger partial charge in [-0.1, -0.05) is 26.0 Å². The van der Waals surface area contributed by atoms with Gasteiger partial charge in [-0.25, -0.2) is 22.6 Å². The summed E-state index contributed by atoms with van der Waals surface area (Å²) >= 11 is 0. The van der Waals surface area contributed by atoms with E-state index in [-0.39, 0.29) is 55.2 Å². The SMILES string of the molecule is COc1cc2c(OC)cnc(O[C@@H]3C[C@H]4C(=O)NC5(C(=O)NS(=O)(=O)C6(CO)CC6)C[C@H]5/C=C\CC[C@@H](C)C[C@@H](C)[C@H](NC(=O)OC(C)(C)C)C(=O)N4C3)c2cc1F. The lowest BCUT2D eigenvalue weighted by Crippen LogP contribution is -2.59. The first kappa shape index (κ1) is 42.9. The van der Waals surface area contributed by atoms with E-state index in [1.54, 1.807) is 26.8 Å². The number of alkyl carbamates (subject to hydrolysis) is 1. The van der Waals surface area contributed by atoms with Crippen molar-refractivity contribution in [1.29, 1.82) is 0 Å². The number of nitrogens with zero attached hydrogens (tertiary/aromatic N) is 2. The summed E-state index contributed by atoms with van der Waals surface area (Å²) in [5.74, 6) is -3.59. The van der Waals surface area contributed by atoms with Crippen LogP contribution in [0.4, 0.5) is 9.18 Å². The van der Waals surface area contributed by atoms with E-state index in [1.807, 2.05) is 19.9 Å². The van der Waals surface area contributed by atoms with Crippen molar-refractivity contribution in [3.05, 3.63) is 36.3 Å². The number of amides is 4. The quantitative estimate of drug-likeness (QED) is 0.268. The summed E-state index contributed by atoms with van der Waals surface area (Å²) in [5, 5.41) is 16.1. The number of carbonyl (C=O) groups is 4. The molecule has 0 bridgehead atoms. The second kappa shape index (κ2) is 16.2. The van der Waals surface area contributed by atoms with Gasteiger partial charge in [0, 0.05) is 17.7 Å². The summed E-state index contributed by atoms with van der Waals surface area (Å²) in [5.41, 5.74) is -2.54. The highest BCUT2D eigenvalue weighted by Gasteiger charge is 2.64. The number of sulfonamides is 1. The smallest absolute Gasteiger partial charge is 0.408 e. The number of hydrogen-bond donors (Lipinski definition) is 4. The summed E-state index contributed by atoms with van der Waals surface area (Å²) < 4.78 is 64.8. The second-order valence-corrected chi connectivity index (χ2v) is 19.2. The average molecular weight is 832 g/mol. The minimum atomic E-state index is -4.30. The topological polar surface area (TPSA) is 212 Å². The van der Waals surface area contributed by atoms with Crippen LogP contribution in [0.15, 0.2) is 30.5 Å². The Balaban J connectivity index is 1.37. The normalized spacial score (nSPS) is 29.1. The lowest BCUT2D eigenvalue weighted by Gasteiger charge is -2.33. The number of hydrogen-bond acceptors (Lipinski definition) is 12. The molecule has 3 fully saturated rings. The maximum Gasteiger partial charge on any atom is 0.408 e. The number of nitrogens with one attached hydrogen (secondary N) is 3. The Morgan fingerprint density at radius 1 is 1.09 bits per heavy atom. The van der Waals surface area contributed by atoms with Crippen LogP contribution in [0.5, 0.6) is 17.4 Å². The third-order valence-electron chi connectivity index (χ3n) is 11.6. The Kier molecular flexibility index (Phi) is 11.9. The van der Waals surface area contributed by atoms with E-state index in [0.717, 1.165) is 0 Å². The Hall–Kier alpha value is -4.71. The molecular weight excluding hydrogens is 778 g/mol. The van der Waals surface area contributed by atoms with Gasteiger partial charge in [-0.2, -0.15) is 0 Å². The Morgan fingerprint density at radius 2 is 1.79 bits per heavy atom. The minimum Gasteiger partial charge on any atom is -0.494 e. The first-order valence-corrected chi connectivity index (χ1v) is 21.1. The molecule has 2 saturated carbocycles. The molecule has 58 heavy (non-hydrogen) atoms. The number of carbonyl (C=O) groups excluding carboxylic acids is 4. The number of ether oxygens (including phenoxy) is 4. The monoisotopic (exact) mass is 831 g/mol. The summed E-state index contributed by atoms with van der Waals surface area (Å²) in [6.45, 7) is 8.13. The standard InChI is InChI=1S/C40H54FN5O11S/c1-22-10-8-9-11-24-18-40(24,36(50)45-58(52,53)39(21-47)12-13-39)44-33(48)29-15-25(20-46(29)35(49)32(23(2)14-22)43-37(51)57-38(3,4)5)56-34-27-16-28(41)30(54-6)17-26(27)31(55-7)19-42-34/h9,11,16-17,19,22-25,29,32,47H,8,10,12-15,18,20-21H2,1-7H3,(H,43,51)(H,44,48)(H,45,50)/b11-9-/t22-,23-,24-,25-,29+,32+,40?/m1/s1. The molecule has 18 heteroatoms. The van der Waals surface area contributed by atoms with Gasteiger partial charge in [0.25, 0.3) is 5.91 Å². The predicted octanol–water partition coefficient (Wildman–Crippen LogP) is 3.49. The molecule has 3 heterocycles. The number of aromatic nitrogens is 1. The molecule has 7 atom stereocenters. The highest BCUT2D eigenvalue weighted by Crippen LogP contribution is 2.48. The number of aliphatic hydroxyl groups is 1. The van der Waals surface area contributed by atoms with E-state index in [9.17, 15) is 32.7 Å². The Morgan fingerprint density at radius 3 is 2.43 bits per heavy atom. The van der Waals surface area contributed by atoms with E-state index in [0.29, 0.717) is 30.4 Å². The molecule has 4 aliphatic rings. The molecule has 4 amide bonds. The Labute approximate surface area is 337 Å². The summed E-state index contributed by atoms with van der Waals surface area (Å²) in [6.07, 6.45) is 5.56. The van der Waals surface area contributed by atoms with Crippen LogP contribution in [-0.4, -0.2) is 109 Å². The zero-order chi connectivity index (χ0) is 42.4. The maximum atomic E-state index is 15.1. The predicted molar refractivity (Wildman–Crippen MR) is 209 cm³/mol. The first-order chi connectivity index (χ1) is 27.3. The minimum absolute atomic E-state index is 0.00471. The van der Waals surface area contributed by atoms with Crippen LogP contribution in [0.2, 0.25) is 0 Å². The van der Waals surface area contributed by atoms with Gasteiger partial charge < -0.3 is 39.6 Å². The number of fused-ring (bicyclic) bond motifs is 3. The van der Waals surface area contributed by atoms with E-state index in [4.69, 9.17) is 18.9 Å². The van der Waals surface area contributed by atoms with Crippen molar-refractivity contribution in [2.75, 3.05) is 27.4 Å². The largest absolute Gasteiger partial charge is 0.494 e. The molecule has 1 saturated heterocycles. The van der Waals surface area contributed by atoms with Crippen LogP contribution in [0.25, 0.3) is 10.8 Å². The van der Waals surface area contributed by atoms with E-state index >= 15 is 4.39 Å². The highest BCUT2D eigenvalue weighted by atomic mass is 32.2. The molecule has 2 aliphatic carbocycles. The van der Waals surface area contributed by atoms with Crippen LogP contribution in [0.1, 0.15) is 79.6 Å². The molecular formula is C40H54FN5O11S. The van der Waals surface area contributed by atoms with Crippen molar-refractivity contribution in [2.45, 2.75) is 114 Å². The van der Waals surface area contributed by atoms with Crippen molar-refractivity contribution < 1.29 is 56.0 Å². The molecule has 2 aromatic rings. The highest BCUT2D eigenvalue weighted by molar-refractivity contribution is 7.91. The van der Waals surface area contributed by atoms with Gasteiger partial charge in [-0.3, -0.25) is 19.1 Å². The van der Waals surface area contributed by atoms with Crippen LogP contribution >= 0.6 is 0 Å². The average Bonchev–Trinajstić information content (AvgIpc) is 4.05. The van der Waals surface area contributed by atoms with E-state index in [1.165, 1.54) is 37.4 Å². The molecule has 6 rings (SSSR count). The lowest BCUT2D eigenvalue weighted by molar-refractivity contribution is -0.142. The molecule has 318 valence electrons. The number of allylic oxidation sites excluding steroid dienone is 1. The molecule has 16 nitrogen and oxygen atoms in total. The summed E-state index contributed by atoms with van der Waals surface area (Å²) in [7, 11) is -1.54. The number of benzene rings is 1. The Bertz CT molecular complexity index is 2090. The fourth-order valence-electron chi connectivity index (χ4n) is 7.98.